The molecular formula is C10H11F2NO. The number of benzene rings is 1. The number of hydrogen-bond donors (Lipinski definition) is 1. The first-order valence-electron chi connectivity index (χ1n) is 4.50. The van der Waals surface area contributed by atoms with Crippen molar-refractivity contribution in [1.29, 1.82) is 0 Å². The molecule has 0 aliphatic carbocycles. The fraction of sp³-hybridized carbons (Fsp3) is 0.400. The van der Waals surface area contributed by atoms with E-state index in [0.29, 0.717) is 12.3 Å². The van der Waals surface area contributed by atoms with E-state index in [1.807, 2.05) is 12.1 Å². The van der Waals surface area contributed by atoms with Gasteiger partial charge in [0.2, 0.25) is 0 Å². The molecule has 0 bridgehead atoms. The summed E-state index contributed by atoms with van der Waals surface area (Å²) in [5.74, 6) is 0.577. The first kappa shape index (κ1) is 9.40. The standard InChI is InChI=1S/C10H11F2NO/c11-10(12)6-14-9-3-1-2-7-4-13-5-8(7)9/h1-3,10,13H,4-6H2. The van der Waals surface area contributed by atoms with Crippen molar-refractivity contribution in [2.45, 2.75) is 19.5 Å². The molecule has 0 atom stereocenters. The lowest BCUT2D eigenvalue weighted by Gasteiger charge is -2.09. The van der Waals surface area contributed by atoms with Gasteiger partial charge in [0.15, 0.2) is 0 Å². The summed E-state index contributed by atoms with van der Waals surface area (Å²) in [6.07, 6.45) is -2.42. The summed E-state index contributed by atoms with van der Waals surface area (Å²) in [6.45, 7) is 0.965. The molecule has 0 fully saturated rings. The van der Waals surface area contributed by atoms with Crippen molar-refractivity contribution in [3.63, 3.8) is 0 Å². The van der Waals surface area contributed by atoms with Gasteiger partial charge in [0.05, 0.1) is 0 Å². The monoisotopic (exact) mass is 199 g/mol. The van der Waals surface area contributed by atoms with E-state index >= 15 is 0 Å². The third-order valence-corrected chi connectivity index (χ3v) is 2.21. The Morgan fingerprint density at radius 3 is 3.00 bits per heavy atom. The van der Waals surface area contributed by atoms with Gasteiger partial charge in [0.1, 0.15) is 12.4 Å². The number of hydrogen-bond acceptors (Lipinski definition) is 2. The Morgan fingerprint density at radius 1 is 1.36 bits per heavy atom. The maximum absolute atomic E-state index is 11.9. The van der Waals surface area contributed by atoms with Crippen molar-refractivity contribution in [3.05, 3.63) is 29.3 Å². The topological polar surface area (TPSA) is 21.3 Å². The van der Waals surface area contributed by atoms with Gasteiger partial charge < -0.3 is 10.1 Å². The number of halogens is 2. The average Bonchev–Trinajstić information content (AvgIpc) is 2.62. The van der Waals surface area contributed by atoms with E-state index in [0.717, 1.165) is 17.7 Å². The fourth-order valence-electron chi connectivity index (χ4n) is 1.59. The van der Waals surface area contributed by atoms with Gasteiger partial charge in [-0.05, 0) is 11.6 Å². The molecule has 14 heavy (non-hydrogen) atoms. The Morgan fingerprint density at radius 2 is 2.21 bits per heavy atom. The lowest BCUT2D eigenvalue weighted by molar-refractivity contribution is 0.0814. The fourth-order valence-corrected chi connectivity index (χ4v) is 1.59. The van der Waals surface area contributed by atoms with E-state index in [2.05, 4.69) is 5.32 Å². The molecule has 0 amide bonds. The van der Waals surface area contributed by atoms with Crippen LogP contribution >= 0.6 is 0 Å². The van der Waals surface area contributed by atoms with Crippen LogP contribution in [0.1, 0.15) is 11.1 Å². The summed E-state index contributed by atoms with van der Waals surface area (Å²) in [7, 11) is 0. The second-order valence-corrected chi connectivity index (χ2v) is 3.20. The van der Waals surface area contributed by atoms with Crippen LogP contribution in [0.5, 0.6) is 5.75 Å². The first-order valence-corrected chi connectivity index (χ1v) is 4.50. The summed E-state index contributed by atoms with van der Waals surface area (Å²) in [6, 6.07) is 5.53. The van der Waals surface area contributed by atoms with Crippen LogP contribution in [0.25, 0.3) is 0 Å². The van der Waals surface area contributed by atoms with Crippen LogP contribution in [-0.2, 0) is 13.1 Å². The van der Waals surface area contributed by atoms with Gasteiger partial charge in [-0.15, -0.1) is 0 Å². The van der Waals surface area contributed by atoms with Crippen molar-refractivity contribution in [2.75, 3.05) is 6.61 Å². The first-order chi connectivity index (χ1) is 6.77. The molecule has 0 saturated carbocycles. The Kier molecular flexibility index (Phi) is 2.63. The predicted molar refractivity (Wildman–Crippen MR) is 48.5 cm³/mol. The van der Waals surface area contributed by atoms with Crippen molar-refractivity contribution in [3.8, 4) is 5.75 Å². The van der Waals surface area contributed by atoms with Crippen LogP contribution < -0.4 is 10.1 Å². The Balaban J connectivity index is 2.14. The molecule has 0 saturated heterocycles. The van der Waals surface area contributed by atoms with Gasteiger partial charge >= 0.3 is 0 Å². The largest absolute Gasteiger partial charge is 0.487 e. The summed E-state index contributed by atoms with van der Waals surface area (Å²) >= 11 is 0. The molecule has 2 rings (SSSR count). The molecule has 0 aromatic heterocycles. The van der Waals surface area contributed by atoms with Crippen LogP contribution in [0.2, 0.25) is 0 Å². The van der Waals surface area contributed by atoms with E-state index in [9.17, 15) is 8.78 Å². The van der Waals surface area contributed by atoms with Crippen molar-refractivity contribution in [1.82, 2.24) is 5.32 Å². The highest BCUT2D eigenvalue weighted by Gasteiger charge is 2.15. The molecule has 0 unspecified atom stereocenters. The molecule has 1 aromatic rings. The number of nitrogens with one attached hydrogen (secondary N) is 1. The minimum atomic E-state index is -2.42. The molecule has 1 N–H and O–H groups in total. The summed E-state index contributed by atoms with van der Waals surface area (Å²) in [4.78, 5) is 0. The molecule has 1 aliphatic rings. The number of ether oxygens (including phenoxy) is 1. The lowest BCUT2D eigenvalue weighted by atomic mass is 10.1. The molecule has 1 aliphatic heterocycles. The molecule has 1 aromatic carbocycles. The highest BCUT2D eigenvalue weighted by molar-refractivity contribution is 5.42. The van der Waals surface area contributed by atoms with Crippen molar-refractivity contribution < 1.29 is 13.5 Å². The van der Waals surface area contributed by atoms with Crippen LogP contribution in [0.4, 0.5) is 8.78 Å². The Bertz CT molecular complexity index is 328. The normalized spacial score (nSPS) is 14.5. The van der Waals surface area contributed by atoms with Crippen molar-refractivity contribution >= 4 is 0 Å². The third-order valence-electron chi connectivity index (χ3n) is 2.21. The molecule has 4 heteroatoms. The molecule has 76 valence electrons. The molecule has 2 nitrogen and oxygen atoms in total. The zero-order valence-electron chi connectivity index (χ0n) is 7.59. The smallest absolute Gasteiger partial charge is 0.272 e. The van der Waals surface area contributed by atoms with E-state index in [1.54, 1.807) is 6.07 Å². The zero-order valence-corrected chi connectivity index (χ0v) is 7.59. The summed E-state index contributed by atoms with van der Waals surface area (Å²) < 4.78 is 28.9. The number of fused-ring (bicyclic) bond motifs is 1. The SMILES string of the molecule is FC(F)COc1cccc2c1CNC2. The van der Waals surface area contributed by atoms with Gasteiger partial charge in [-0.3, -0.25) is 0 Å². The highest BCUT2D eigenvalue weighted by atomic mass is 19.3. The number of alkyl halides is 2. The molecule has 0 radical (unpaired) electrons. The zero-order chi connectivity index (χ0) is 9.97. The summed E-state index contributed by atoms with van der Waals surface area (Å²) in [5, 5.41) is 3.15. The Labute approximate surface area is 80.9 Å². The predicted octanol–water partition coefficient (Wildman–Crippen LogP) is 1.93. The Hall–Kier alpha value is -1.16. The average molecular weight is 199 g/mol. The van der Waals surface area contributed by atoms with Crippen molar-refractivity contribution in [2.24, 2.45) is 0 Å². The third kappa shape index (κ3) is 1.85. The minimum absolute atomic E-state index is 0.531. The van der Waals surface area contributed by atoms with E-state index in [1.165, 1.54) is 0 Å². The quantitative estimate of drug-likeness (QED) is 0.803. The highest BCUT2D eigenvalue weighted by Crippen LogP contribution is 2.26. The van der Waals surface area contributed by atoms with Gasteiger partial charge in [-0.2, -0.15) is 0 Å². The second kappa shape index (κ2) is 3.92. The van der Waals surface area contributed by atoms with Crippen LogP contribution in [0.3, 0.4) is 0 Å². The minimum Gasteiger partial charge on any atom is -0.487 e. The maximum atomic E-state index is 11.9. The lowest BCUT2D eigenvalue weighted by Crippen LogP contribution is -2.08. The second-order valence-electron chi connectivity index (χ2n) is 3.20. The number of rotatable bonds is 3. The van der Waals surface area contributed by atoms with Crippen LogP contribution in [0, 0.1) is 0 Å². The molecule has 1 heterocycles. The molecular weight excluding hydrogens is 188 g/mol. The molecule has 0 spiro atoms. The van der Waals surface area contributed by atoms with E-state index in [-0.39, 0.29) is 0 Å². The van der Waals surface area contributed by atoms with Gasteiger partial charge in [-0.25, -0.2) is 8.78 Å². The van der Waals surface area contributed by atoms with Crippen LogP contribution in [0.15, 0.2) is 18.2 Å². The van der Waals surface area contributed by atoms with Crippen LogP contribution in [-0.4, -0.2) is 13.0 Å². The van der Waals surface area contributed by atoms with E-state index < -0.39 is 13.0 Å². The van der Waals surface area contributed by atoms with Gasteiger partial charge in [0.25, 0.3) is 6.43 Å². The van der Waals surface area contributed by atoms with E-state index in [4.69, 9.17) is 4.74 Å². The van der Waals surface area contributed by atoms with Gasteiger partial charge in [0, 0.05) is 18.7 Å². The summed E-state index contributed by atoms with van der Waals surface area (Å²) in [5.41, 5.74) is 2.14. The van der Waals surface area contributed by atoms with Gasteiger partial charge in [-0.1, -0.05) is 12.1 Å². The maximum Gasteiger partial charge on any atom is 0.272 e.